The monoisotopic (exact) mass is 320 g/mol. The van der Waals surface area contributed by atoms with Crippen molar-refractivity contribution in [1.29, 1.82) is 0 Å². The molecule has 0 aliphatic heterocycles. The molecule has 0 spiro atoms. The minimum absolute atomic E-state index is 0.188. The third kappa shape index (κ3) is 4.18. The molecule has 0 fully saturated rings. The largest absolute Gasteiger partial charge is 0.490 e. The van der Waals surface area contributed by atoms with Crippen molar-refractivity contribution in [2.45, 2.75) is 39.7 Å². The Morgan fingerprint density at radius 2 is 1.78 bits per heavy atom. The second kappa shape index (κ2) is 8.79. The maximum absolute atomic E-state index is 9.13. The van der Waals surface area contributed by atoms with Gasteiger partial charge in [0, 0.05) is 30.8 Å². The van der Waals surface area contributed by atoms with Crippen LogP contribution in [0.25, 0.3) is 10.9 Å². The summed E-state index contributed by atoms with van der Waals surface area (Å²) < 4.78 is 13.7. The van der Waals surface area contributed by atoms with Gasteiger partial charge >= 0.3 is 0 Å². The topological polar surface area (TPSA) is 69.6 Å². The van der Waals surface area contributed by atoms with Crippen molar-refractivity contribution in [2.24, 2.45) is 5.73 Å². The third-order valence-corrected chi connectivity index (χ3v) is 3.84. The Bertz CT molecular complexity index is 570. The quantitative estimate of drug-likeness (QED) is 0.706. The number of ether oxygens (including phenoxy) is 2. The number of nitrogens with zero attached hydrogens (tertiary/aromatic N) is 1. The highest BCUT2D eigenvalue weighted by Gasteiger charge is 2.14. The Balaban J connectivity index is 2.50. The van der Waals surface area contributed by atoms with Crippen molar-refractivity contribution < 1.29 is 14.6 Å². The van der Waals surface area contributed by atoms with Crippen molar-refractivity contribution in [1.82, 2.24) is 4.57 Å². The van der Waals surface area contributed by atoms with Crippen LogP contribution in [0.4, 0.5) is 0 Å². The van der Waals surface area contributed by atoms with Crippen LogP contribution in [0.2, 0.25) is 0 Å². The molecule has 2 aromatic rings. The minimum atomic E-state index is 0.188. The Labute approximate surface area is 138 Å². The van der Waals surface area contributed by atoms with Crippen LogP contribution in [0.15, 0.2) is 18.3 Å². The number of aliphatic hydroxyl groups excluding tert-OH is 1. The van der Waals surface area contributed by atoms with Crippen molar-refractivity contribution in [3.8, 4) is 11.5 Å². The summed E-state index contributed by atoms with van der Waals surface area (Å²) in [5, 5.41) is 10.3. The highest BCUT2D eigenvalue weighted by molar-refractivity contribution is 5.87. The molecule has 128 valence electrons. The van der Waals surface area contributed by atoms with Gasteiger partial charge in [-0.25, -0.2) is 0 Å². The molecular formula is C18H28N2O3. The third-order valence-electron chi connectivity index (χ3n) is 3.84. The highest BCUT2D eigenvalue weighted by Crippen LogP contribution is 2.35. The van der Waals surface area contributed by atoms with Crippen LogP contribution in [0.5, 0.6) is 11.5 Å². The zero-order valence-electron chi connectivity index (χ0n) is 14.2. The van der Waals surface area contributed by atoms with Crippen LogP contribution in [0, 0.1) is 0 Å². The van der Waals surface area contributed by atoms with Crippen molar-refractivity contribution >= 4 is 10.9 Å². The number of rotatable bonds is 10. The lowest BCUT2D eigenvalue weighted by atomic mass is 10.1. The van der Waals surface area contributed by atoms with Crippen LogP contribution in [-0.2, 0) is 13.0 Å². The molecule has 0 amide bonds. The average Bonchev–Trinajstić information content (AvgIpc) is 2.88. The first kappa shape index (κ1) is 17.6. The summed E-state index contributed by atoms with van der Waals surface area (Å²) >= 11 is 0. The lowest BCUT2D eigenvalue weighted by molar-refractivity contribution is 0.280. The van der Waals surface area contributed by atoms with Crippen LogP contribution >= 0.6 is 0 Å². The van der Waals surface area contributed by atoms with Crippen molar-refractivity contribution in [2.75, 3.05) is 26.4 Å². The van der Waals surface area contributed by atoms with Crippen molar-refractivity contribution in [3.63, 3.8) is 0 Å². The molecule has 1 aromatic heterocycles. The first-order valence-corrected chi connectivity index (χ1v) is 8.47. The number of nitrogens with two attached hydrogens (primary N) is 1. The van der Waals surface area contributed by atoms with Gasteiger partial charge in [-0.2, -0.15) is 0 Å². The summed E-state index contributed by atoms with van der Waals surface area (Å²) in [6.07, 6.45) is 4.80. The second-order valence-electron chi connectivity index (χ2n) is 5.50. The summed E-state index contributed by atoms with van der Waals surface area (Å²) in [5.74, 6) is 1.56. The van der Waals surface area contributed by atoms with E-state index in [2.05, 4.69) is 16.8 Å². The fraction of sp³-hybridized carbons (Fsp3) is 0.556. The summed E-state index contributed by atoms with van der Waals surface area (Å²) in [6.45, 7) is 6.80. The molecule has 5 nitrogen and oxygen atoms in total. The number of aryl methyl sites for hydroxylation is 2. The van der Waals surface area contributed by atoms with Crippen LogP contribution in [0.3, 0.4) is 0 Å². The second-order valence-corrected chi connectivity index (χ2v) is 5.50. The lowest BCUT2D eigenvalue weighted by Crippen LogP contribution is -2.01. The Morgan fingerprint density at radius 1 is 1.09 bits per heavy atom. The predicted molar refractivity (Wildman–Crippen MR) is 93.4 cm³/mol. The number of aliphatic hydroxyl groups is 1. The van der Waals surface area contributed by atoms with Crippen LogP contribution in [0.1, 0.15) is 32.3 Å². The fourth-order valence-corrected chi connectivity index (χ4v) is 2.83. The van der Waals surface area contributed by atoms with E-state index in [9.17, 15) is 0 Å². The zero-order chi connectivity index (χ0) is 16.7. The SMILES string of the molecule is CCOc1cc2c(CCCN)cn(CCCO)c2cc1OCC. The van der Waals surface area contributed by atoms with E-state index in [1.807, 2.05) is 19.9 Å². The lowest BCUT2D eigenvalue weighted by Gasteiger charge is -2.12. The molecule has 3 N–H and O–H groups in total. The van der Waals surface area contributed by atoms with E-state index < -0.39 is 0 Å². The van der Waals surface area contributed by atoms with Gasteiger partial charge in [-0.05, 0) is 51.3 Å². The molecule has 0 aliphatic rings. The van der Waals surface area contributed by atoms with Gasteiger partial charge in [-0.1, -0.05) is 0 Å². The number of benzene rings is 1. The van der Waals surface area contributed by atoms with Gasteiger partial charge in [0.25, 0.3) is 0 Å². The smallest absolute Gasteiger partial charge is 0.163 e. The van der Waals surface area contributed by atoms with E-state index in [-0.39, 0.29) is 6.61 Å². The Hall–Kier alpha value is -1.72. The molecule has 0 radical (unpaired) electrons. The molecule has 5 heteroatoms. The molecule has 0 atom stereocenters. The summed E-state index contributed by atoms with van der Waals surface area (Å²) in [4.78, 5) is 0. The normalized spacial score (nSPS) is 11.1. The van der Waals surface area contributed by atoms with E-state index in [4.69, 9.17) is 20.3 Å². The van der Waals surface area contributed by atoms with Crippen molar-refractivity contribution in [3.05, 3.63) is 23.9 Å². The van der Waals surface area contributed by atoms with Gasteiger partial charge < -0.3 is 24.9 Å². The number of hydrogen-bond acceptors (Lipinski definition) is 4. The molecule has 0 unspecified atom stereocenters. The molecule has 0 aliphatic carbocycles. The van der Waals surface area contributed by atoms with E-state index in [1.165, 1.54) is 10.9 Å². The van der Waals surface area contributed by atoms with Gasteiger partial charge in [0.1, 0.15) is 0 Å². The molecule has 0 bridgehead atoms. The Morgan fingerprint density at radius 3 is 2.39 bits per heavy atom. The van der Waals surface area contributed by atoms with E-state index >= 15 is 0 Å². The summed E-state index contributed by atoms with van der Waals surface area (Å²) in [6, 6.07) is 4.12. The van der Waals surface area contributed by atoms with Gasteiger partial charge in [-0.3, -0.25) is 0 Å². The van der Waals surface area contributed by atoms with Gasteiger partial charge in [0.05, 0.1) is 18.7 Å². The van der Waals surface area contributed by atoms with Gasteiger partial charge in [0.2, 0.25) is 0 Å². The number of fused-ring (bicyclic) bond motifs is 1. The van der Waals surface area contributed by atoms with Gasteiger partial charge in [0.15, 0.2) is 11.5 Å². The van der Waals surface area contributed by atoms with E-state index in [0.29, 0.717) is 19.8 Å². The molecule has 0 saturated heterocycles. The van der Waals surface area contributed by atoms with Crippen LogP contribution in [-0.4, -0.2) is 36.0 Å². The predicted octanol–water partition coefficient (Wildman–Crippen LogP) is 2.71. The molecule has 23 heavy (non-hydrogen) atoms. The standard InChI is InChI=1S/C18H28N2O3/c1-3-22-17-11-15-14(7-5-8-19)13-20(9-6-10-21)16(15)12-18(17)23-4-2/h11-13,21H,3-10,19H2,1-2H3. The average molecular weight is 320 g/mol. The molecule has 0 saturated carbocycles. The summed E-state index contributed by atoms with van der Waals surface area (Å²) in [7, 11) is 0. The fourth-order valence-electron chi connectivity index (χ4n) is 2.83. The van der Waals surface area contributed by atoms with E-state index in [0.717, 1.165) is 42.8 Å². The highest BCUT2D eigenvalue weighted by atomic mass is 16.5. The molecule has 1 heterocycles. The molecular weight excluding hydrogens is 292 g/mol. The van der Waals surface area contributed by atoms with Crippen LogP contribution < -0.4 is 15.2 Å². The van der Waals surface area contributed by atoms with Gasteiger partial charge in [-0.15, -0.1) is 0 Å². The summed E-state index contributed by atoms with van der Waals surface area (Å²) in [5.41, 5.74) is 8.06. The number of hydrogen-bond donors (Lipinski definition) is 2. The minimum Gasteiger partial charge on any atom is -0.490 e. The maximum atomic E-state index is 9.13. The molecule has 2 rings (SSSR count). The van der Waals surface area contributed by atoms with E-state index in [1.54, 1.807) is 0 Å². The molecule has 1 aromatic carbocycles. The maximum Gasteiger partial charge on any atom is 0.163 e. The Kier molecular flexibility index (Phi) is 6.74. The number of aromatic nitrogens is 1. The zero-order valence-corrected chi connectivity index (χ0v) is 14.2. The first-order chi connectivity index (χ1) is 11.2. The first-order valence-electron chi connectivity index (χ1n) is 8.47.